The molecule has 0 radical (unpaired) electrons. The van der Waals surface area contributed by atoms with E-state index in [0.29, 0.717) is 45.5 Å². The number of nitrogens with two attached hydrogens (primary N) is 1. The quantitative estimate of drug-likeness (QED) is 0.0839. The summed E-state index contributed by atoms with van der Waals surface area (Å²) in [5.41, 5.74) is 10.2. The summed E-state index contributed by atoms with van der Waals surface area (Å²) in [6.07, 6.45) is 13.7. The van der Waals surface area contributed by atoms with Gasteiger partial charge in [0.25, 0.3) is 5.91 Å². The number of carbonyl (C=O) groups excluding carboxylic acids is 2. The number of piperazine rings is 1. The minimum absolute atomic E-state index is 0.107. The van der Waals surface area contributed by atoms with Crippen LogP contribution in [-0.2, 0) is 11.8 Å². The van der Waals surface area contributed by atoms with Crippen LogP contribution in [0.4, 0.5) is 17.3 Å². The molecule has 2 aromatic carbocycles. The third-order valence-electron chi connectivity index (χ3n) is 15.2. The molecular formula is C47H62N10O3. The van der Waals surface area contributed by atoms with Crippen LogP contribution in [0.1, 0.15) is 92.7 Å². The SMILES string of the molecule is COc1cc(C(=N)c2c(N)ncnc2NC2CCC(N3CCN(CCNC(=O)C(C)CCC45CC6CC(C4)C5C6)CC3)CC2)ccc1NC(=O)c1cc2ccccc2n1C. The minimum atomic E-state index is -0.257. The van der Waals surface area contributed by atoms with Crippen molar-refractivity contribution in [2.45, 2.75) is 83.2 Å². The second kappa shape index (κ2) is 16.8. The number of aromatic nitrogens is 3. The fourth-order valence-corrected chi connectivity index (χ4v) is 11.9. The first-order chi connectivity index (χ1) is 29.1. The smallest absolute Gasteiger partial charge is 0.272 e. The third-order valence-corrected chi connectivity index (χ3v) is 15.2. The Bertz CT molecular complexity index is 2240. The fourth-order valence-electron chi connectivity index (χ4n) is 11.9. The number of nitrogens with one attached hydrogen (secondary N) is 4. The lowest BCUT2D eigenvalue weighted by Crippen LogP contribution is -2.52. The highest BCUT2D eigenvalue weighted by atomic mass is 16.5. The summed E-state index contributed by atoms with van der Waals surface area (Å²) in [4.78, 5) is 40.3. The third kappa shape index (κ3) is 7.86. The van der Waals surface area contributed by atoms with Crippen molar-refractivity contribution in [3.8, 4) is 5.75 Å². The average Bonchev–Trinajstić information content (AvgIpc) is 3.88. The van der Waals surface area contributed by atoms with Gasteiger partial charge in [0.05, 0.1) is 24.1 Å². The largest absolute Gasteiger partial charge is 0.495 e. The Morgan fingerprint density at radius 1 is 1.02 bits per heavy atom. The number of benzene rings is 2. The number of anilines is 3. The normalized spacial score (nSPS) is 26.7. The first-order valence-electron chi connectivity index (χ1n) is 22.3. The molecule has 6 N–H and O–H groups in total. The van der Waals surface area contributed by atoms with Crippen LogP contribution in [0.2, 0.25) is 0 Å². The van der Waals surface area contributed by atoms with E-state index in [1.807, 2.05) is 41.9 Å². The Balaban J connectivity index is 0.729. The molecule has 4 aliphatic carbocycles. The Morgan fingerprint density at radius 2 is 1.82 bits per heavy atom. The molecule has 13 nitrogen and oxygen atoms in total. The van der Waals surface area contributed by atoms with Crippen LogP contribution in [0.15, 0.2) is 54.9 Å². The van der Waals surface area contributed by atoms with Gasteiger partial charge < -0.3 is 31.0 Å². The van der Waals surface area contributed by atoms with Gasteiger partial charge in [-0.1, -0.05) is 31.2 Å². The maximum absolute atomic E-state index is 13.4. The summed E-state index contributed by atoms with van der Waals surface area (Å²) in [7, 11) is 3.42. The highest BCUT2D eigenvalue weighted by molar-refractivity contribution is 6.17. The topological polar surface area (TPSA) is 167 Å². The number of rotatable bonds is 15. The molecule has 1 saturated heterocycles. The number of nitrogen functional groups attached to an aromatic ring is 1. The highest BCUT2D eigenvalue weighted by Gasteiger charge is 2.63. The van der Waals surface area contributed by atoms with E-state index < -0.39 is 0 Å². The van der Waals surface area contributed by atoms with Crippen LogP contribution in [0.3, 0.4) is 0 Å². The monoisotopic (exact) mass is 815 g/mol. The Kier molecular flexibility index (Phi) is 11.3. The number of carbonyl (C=O) groups is 2. The highest BCUT2D eigenvalue weighted by Crippen LogP contribution is 2.72. The number of aryl methyl sites for hydroxylation is 1. The Labute approximate surface area is 353 Å². The fraction of sp³-hybridized carbons (Fsp3) is 0.553. The Morgan fingerprint density at radius 3 is 2.55 bits per heavy atom. The van der Waals surface area contributed by atoms with Gasteiger partial charge in [0, 0.05) is 80.8 Å². The molecule has 2 bridgehead atoms. The van der Waals surface area contributed by atoms with E-state index in [1.165, 1.54) is 38.4 Å². The molecule has 3 heterocycles. The number of fused-ring (bicyclic) bond motifs is 2. The summed E-state index contributed by atoms with van der Waals surface area (Å²) in [6.45, 7) is 7.94. The molecule has 13 heteroatoms. The van der Waals surface area contributed by atoms with Crippen molar-refractivity contribution in [1.29, 1.82) is 5.41 Å². The van der Waals surface area contributed by atoms with Gasteiger partial charge >= 0.3 is 0 Å². The van der Waals surface area contributed by atoms with Gasteiger partial charge in [0.1, 0.15) is 29.4 Å². The molecule has 4 aromatic rings. The van der Waals surface area contributed by atoms with Crippen molar-refractivity contribution in [1.82, 2.24) is 29.7 Å². The minimum Gasteiger partial charge on any atom is -0.495 e. The summed E-state index contributed by atoms with van der Waals surface area (Å²) in [6, 6.07) is 15.8. The van der Waals surface area contributed by atoms with Crippen molar-refractivity contribution in [3.63, 3.8) is 0 Å². The van der Waals surface area contributed by atoms with Gasteiger partial charge in [-0.3, -0.25) is 24.8 Å². The van der Waals surface area contributed by atoms with Gasteiger partial charge in [-0.25, -0.2) is 9.97 Å². The number of amides is 2. The standard InChI is InChI=1S/C47H62N10O3/c1-29(14-15-47-26-30-22-33(27-47)36(47)23-30)45(58)50-16-17-56-18-20-57(21-19-56)35-11-9-34(10-12-35)53-44-41(43(49)51-28-52-44)42(48)32-8-13-37(40(25-32)60-3)54-46(59)39-24-31-6-4-5-7-38(31)55(39)2/h4-8,13,24-25,28-30,33-36,48H,9-12,14-23,26-27H2,1-3H3,(H,50,58)(H,54,59)(H3,49,51,52,53). The first kappa shape index (κ1) is 40.4. The van der Waals surface area contributed by atoms with E-state index in [4.69, 9.17) is 10.5 Å². The van der Waals surface area contributed by atoms with Gasteiger partial charge in [-0.15, -0.1) is 0 Å². The molecule has 60 heavy (non-hydrogen) atoms. The summed E-state index contributed by atoms with van der Waals surface area (Å²) in [5.74, 6) is 4.28. The van der Waals surface area contributed by atoms with Gasteiger partial charge in [-0.05, 0) is 112 Å². The predicted molar refractivity (Wildman–Crippen MR) is 237 cm³/mol. The Hall–Kier alpha value is -5.01. The lowest BCUT2D eigenvalue weighted by molar-refractivity contribution is -0.125. The lowest BCUT2D eigenvalue weighted by atomic mass is 9.51. The van der Waals surface area contributed by atoms with Crippen molar-refractivity contribution < 1.29 is 14.3 Å². The number of para-hydroxylation sites is 1. The summed E-state index contributed by atoms with van der Waals surface area (Å²) in [5, 5.41) is 20.1. The molecule has 5 fully saturated rings. The van der Waals surface area contributed by atoms with E-state index >= 15 is 0 Å². The molecule has 5 unspecified atom stereocenters. The number of hydrogen-bond donors (Lipinski definition) is 5. The van der Waals surface area contributed by atoms with Crippen molar-refractivity contribution in [2.75, 3.05) is 62.7 Å². The molecule has 1 aliphatic heterocycles. The van der Waals surface area contributed by atoms with Gasteiger partial charge in [0.15, 0.2) is 0 Å². The second-order valence-electron chi connectivity index (χ2n) is 18.6. The van der Waals surface area contributed by atoms with Crippen molar-refractivity contribution >= 4 is 45.8 Å². The molecule has 0 spiro atoms. The van der Waals surface area contributed by atoms with E-state index in [0.717, 1.165) is 100 Å². The number of nitrogens with zero attached hydrogens (tertiary/aromatic N) is 5. The number of hydrogen-bond acceptors (Lipinski definition) is 10. The van der Waals surface area contributed by atoms with Crippen molar-refractivity contribution in [3.05, 3.63) is 71.7 Å². The maximum atomic E-state index is 13.4. The molecular weight excluding hydrogens is 753 g/mol. The van der Waals surface area contributed by atoms with Crippen LogP contribution >= 0.6 is 0 Å². The summed E-state index contributed by atoms with van der Waals surface area (Å²) < 4.78 is 7.56. The van der Waals surface area contributed by atoms with Crippen LogP contribution in [0.25, 0.3) is 10.9 Å². The summed E-state index contributed by atoms with van der Waals surface area (Å²) >= 11 is 0. The molecule has 2 aromatic heterocycles. The zero-order valence-electron chi connectivity index (χ0n) is 35.5. The van der Waals surface area contributed by atoms with Crippen LogP contribution in [0, 0.1) is 34.5 Å². The van der Waals surface area contributed by atoms with Crippen molar-refractivity contribution in [2.24, 2.45) is 36.1 Å². The maximum Gasteiger partial charge on any atom is 0.272 e. The average molecular weight is 815 g/mol. The van der Waals surface area contributed by atoms with Crippen LogP contribution in [0.5, 0.6) is 5.75 Å². The zero-order valence-corrected chi connectivity index (χ0v) is 35.5. The first-order valence-corrected chi connectivity index (χ1v) is 22.3. The van der Waals surface area contributed by atoms with Crippen LogP contribution in [-0.4, -0.2) is 100 Å². The second-order valence-corrected chi connectivity index (χ2v) is 18.6. The lowest BCUT2D eigenvalue weighted by Gasteiger charge is -2.54. The molecule has 4 saturated carbocycles. The molecule has 5 atom stereocenters. The zero-order chi connectivity index (χ0) is 41.5. The molecule has 318 valence electrons. The van der Waals surface area contributed by atoms with Crippen LogP contribution < -0.4 is 26.4 Å². The molecule has 2 amide bonds. The number of ether oxygens (including phenoxy) is 1. The van der Waals surface area contributed by atoms with Gasteiger partial charge in [-0.2, -0.15) is 0 Å². The number of methoxy groups -OCH3 is 1. The molecule has 9 rings (SSSR count). The van der Waals surface area contributed by atoms with Gasteiger partial charge in [0.2, 0.25) is 5.91 Å². The van der Waals surface area contributed by atoms with E-state index in [2.05, 4.69) is 42.6 Å². The van der Waals surface area contributed by atoms with E-state index in [1.54, 1.807) is 25.3 Å². The van der Waals surface area contributed by atoms with E-state index in [-0.39, 0.29) is 35.3 Å². The molecule has 5 aliphatic rings. The predicted octanol–water partition coefficient (Wildman–Crippen LogP) is 6.54. The van der Waals surface area contributed by atoms with E-state index in [9.17, 15) is 15.0 Å².